The van der Waals surface area contributed by atoms with Crippen molar-refractivity contribution in [1.82, 2.24) is 24.1 Å². The topological polar surface area (TPSA) is 60.0 Å². The third-order valence-corrected chi connectivity index (χ3v) is 3.41. The molecule has 0 radical (unpaired) electrons. The number of rotatable bonds is 3. The zero-order valence-corrected chi connectivity index (χ0v) is 12.8. The third kappa shape index (κ3) is 2.61. The second-order valence-electron chi connectivity index (χ2n) is 6.17. The Kier molecular flexibility index (Phi) is 3.16. The van der Waals surface area contributed by atoms with Crippen LogP contribution in [-0.2, 0) is 12.1 Å². The Hall–Kier alpha value is -2.37. The molecule has 0 saturated carbocycles. The summed E-state index contributed by atoms with van der Waals surface area (Å²) in [6.07, 6.45) is 5.66. The quantitative estimate of drug-likeness (QED) is 0.803. The molecule has 6 heteroatoms. The molecule has 0 bridgehead atoms. The molecule has 3 heterocycles. The second kappa shape index (κ2) is 4.87. The van der Waals surface area contributed by atoms with E-state index in [0.29, 0.717) is 12.5 Å². The number of imidazole rings is 1. The van der Waals surface area contributed by atoms with E-state index in [4.69, 9.17) is 0 Å². The molecule has 0 unspecified atom stereocenters. The first kappa shape index (κ1) is 13.6. The van der Waals surface area contributed by atoms with Gasteiger partial charge in [-0.2, -0.15) is 0 Å². The molecule has 1 N–H and O–H groups in total. The van der Waals surface area contributed by atoms with Crippen LogP contribution in [-0.4, -0.2) is 24.1 Å². The van der Waals surface area contributed by atoms with Crippen molar-refractivity contribution in [3.8, 4) is 0 Å². The van der Waals surface area contributed by atoms with Crippen LogP contribution in [0.2, 0.25) is 0 Å². The van der Waals surface area contributed by atoms with Gasteiger partial charge in [-0.3, -0.25) is 0 Å². The molecule has 0 fully saturated rings. The van der Waals surface area contributed by atoms with Crippen molar-refractivity contribution in [1.29, 1.82) is 0 Å². The number of anilines is 1. The van der Waals surface area contributed by atoms with E-state index in [2.05, 4.69) is 58.5 Å². The summed E-state index contributed by atoms with van der Waals surface area (Å²) in [7, 11) is 0. The highest BCUT2D eigenvalue weighted by molar-refractivity contribution is 5.48. The third-order valence-electron chi connectivity index (χ3n) is 3.41. The number of nitrogens with one attached hydrogen (secondary N) is 1. The molecular weight excluding hydrogens is 264 g/mol. The molecule has 3 rings (SSSR count). The number of pyridine rings is 1. The van der Waals surface area contributed by atoms with Gasteiger partial charge in [-0.15, -0.1) is 5.10 Å². The maximum Gasteiger partial charge on any atom is 0.242 e. The van der Waals surface area contributed by atoms with E-state index in [1.165, 1.54) is 5.56 Å². The van der Waals surface area contributed by atoms with Crippen LogP contribution in [0.25, 0.3) is 5.65 Å². The van der Waals surface area contributed by atoms with Gasteiger partial charge in [0.1, 0.15) is 12.0 Å². The van der Waals surface area contributed by atoms with E-state index < -0.39 is 0 Å². The Bertz CT molecular complexity index is 762. The van der Waals surface area contributed by atoms with E-state index >= 15 is 0 Å². The highest BCUT2D eigenvalue weighted by Gasteiger charge is 2.15. The summed E-state index contributed by atoms with van der Waals surface area (Å²) < 4.78 is 3.94. The second-order valence-corrected chi connectivity index (χ2v) is 6.17. The predicted molar refractivity (Wildman–Crippen MR) is 82.3 cm³/mol. The Balaban J connectivity index is 1.78. The van der Waals surface area contributed by atoms with Crippen molar-refractivity contribution < 1.29 is 0 Å². The van der Waals surface area contributed by atoms with Gasteiger partial charge in [0.15, 0.2) is 0 Å². The van der Waals surface area contributed by atoms with Crippen molar-refractivity contribution in [2.75, 3.05) is 5.32 Å². The number of nitrogens with zero attached hydrogens (tertiary/aromatic N) is 5. The zero-order chi connectivity index (χ0) is 15.0. The van der Waals surface area contributed by atoms with Crippen LogP contribution in [0.5, 0.6) is 0 Å². The Morgan fingerprint density at radius 3 is 2.76 bits per heavy atom. The van der Waals surface area contributed by atoms with Gasteiger partial charge in [0.2, 0.25) is 5.95 Å². The van der Waals surface area contributed by atoms with E-state index in [1.54, 1.807) is 6.33 Å². The summed E-state index contributed by atoms with van der Waals surface area (Å²) in [6, 6.07) is 4.09. The van der Waals surface area contributed by atoms with Crippen LogP contribution in [0.3, 0.4) is 0 Å². The zero-order valence-electron chi connectivity index (χ0n) is 12.8. The molecule has 0 atom stereocenters. The van der Waals surface area contributed by atoms with Crippen LogP contribution in [0.15, 0.2) is 30.9 Å². The van der Waals surface area contributed by atoms with E-state index in [9.17, 15) is 0 Å². The van der Waals surface area contributed by atoms with Gasteiger partial charge >= 0.3 is 0 Å². The Labute approximate surface area is 123 Å². The van der Waals surface area contributed by atoms with Gasteiger partial charge in [-0.25, -0.2) is 14.6 Å². The Morgan fingerprint density at radius 2 is 2.05 bits per heavy atom. The largest absolute Gasteiger partial charge is 0.347 e. The van der Waals surface area contributed by atoms with Crippen LogP contribution in [0.4, 0.5) is 5.95 Å². The lowest BCUT2D eigenvalue weighted by molar-refractivity contribution is 0.355. The van der Waals surface area contributed by atoms with Crippen molar-refractivity contribution in [3.63, 3.8) is 0 Å². The minimum absolute atomic E-state index is 0.0622. The molecular formula is C15H20N6. The lowest BCUT2D eigenvalue weighted by Crippen LogP contribution is -2.22. The smallest absolute Gasteiger partial charge is 0.242 e. The van der Waals surface area contributed by atoms with Gasteiger partial charge in [0, 0.05) is 6.20 Å². The molecule has 0 spiro atoms. The van der Waals surface area contributed by atoms with E-state index in [0.717, 1.165) is 11.3 Å². The number of aromatic nitrogens is 5. The minimum atomic E-state index is -0.0622. The summed E-state index contributed by atoms with van der Waals surface area (Å²) in [5.41, 5.74) is 3.18. The minimum Gasteiger partial charge on any atom is -0.347 e. The lowest BCUT2D eigenvalue weighted by Gasteiger charge is -2.17. The number of hydrogen-bond acceptors (Lipinski definition) is 4. The summed E-state index contributed by atoms with van der Waals surface area (Å²) in [5, 5.41) is 7.69. The van der Waals surface area contributed by atoms with Crippen molar-refractivity contribution >= 4 is 11.6 Å². The summed E-state index contributed by atoms with van der Waals surface area (Å²) in [5.74, 6) is 0.632. The number of fused-ring (bicyclic) bond motifs is 1. The van der Waals surface area contributed by atoms with Crippen LogP contribution >= 0.6 is 0 Å². The van der Waals surface area contributed by atoms with E-state index in [1.807, 2.05) is 23.1 Å². The standard InChI is InChI=1S/C15H20N6/c1-11-6-5-7-20-12(8-16-13(11)20)9-17-14-18-10-21(19-14)15(2,3)4/h5-8,10H,9H2,1-4H3,(H,17,19). The van der Waals surface area contributed by atoms with Gasteiger partial charge in [-0.05, 0) is 39.3 Å². The molecule has 0 aliphatic heterocycles. The van der Waals surface area contributed by atoms with Gasteiger partial charge in [0.05, 0.1) is 24.0 Å². The molecule has 0 aliphatic rings. The number of aryl methyl sites for hydroxylation is 1. The summed E-state index contributed by atoms with van der Waals surface area (Å²) >= 11 is 0. The molecule has 0 aromatic carbocycles. The summed E-state index contributed by atoms with van der Waals surface area (Å²) in [6.45, 7) is 8.99. The highest BCUT2D eigenvalue weighted by Crippen LogP contribution is 2.14. The maximum absolute atomic E-state index is 4.45. The van der Waals surface area contributed by atoms with E-state index in [-0.39, 0.29) is 5.54 Å². The van der Waals surface area contributed by atoms with Crippen molar-refractivity contribution in [2.45, 2.75) is 39.8 Å². The molecule has 3 aromatic rings. The molecule has 0 saturated heterocycles. The predicted octanol–water partition coefficient (Wildman–Crippen LogP) is 2.60. The molecule has 0 amide bonds. The molecule has 21 heavy (non-hydrogen) atoms. The fourth-order valence-electron chi connectivity index (χ4n) is 2.17. The maximum atomic E-state index is 4.45. The van der Waals surface area contributed by atoms with Gasteiger partial charge in [-0.1, -0.05) is 6.07 Å². The average molecular weight is 284 g/mol. The molecule has 6 nitrogen and oxygen atoms in total. The lowest BCUT2D eigenvalue weighted by atomic mass is 10.1. The van der Waals surface area contributed by atoms with Crippen LogP contribution in [0, 0.1) is 6.92 Å². The molecule has 3 aromatic heterocycles. The van der Waals surface area contributed by atoms with Gasteiger partial charge < -0.3 is 9.72 Å². The van der Waals surface area contributed by atoms with Crippen LogP contribution in [0.1, 0.15) is 32.0 Å². The SMILES string of the molecule is Cc1cccn2c(CNc3ncn(C(C)(C)C)n3)cnc12. The average Bonchev–Trinajstić information content (AvgIpc) is 3.03. The first-order valence-corrected chi connectivity index (χ1v) is 7.03. The van der Waals surface area contributed by atoms with Crippen molar-refractivity contribution in [2.24, 2.45) is 0 Å². The number of hydrogen-bond donors (Lipinski definition) is 1. The first-order chi connectivity index (χ1) is 9.95. The highest BCUT2D eigenvalue weighted by atomic mass is 15.4. The van der Waals surface area contributed by atoms with Crippen molar-refractivity contribution in [3.05, 3.63) is 42.1 Å². The Morgan fingerprint density at radius 1 is 1.24 bits per heavy atom. The van der Waals surface area contributed by atoms with Crippen LogP contribution < -0.4 is 5.32 Å². The van der Waals surface area contributed by atoms with Gasteiger partial charge in [0.25, 0.3) is 0 Å². The first-order valence-electron chi connectivity index (χ1n) is 7.03. The fourth-order valence-corrected chi connectivity index (χ4v) is 2.17. The normalized spacial score (nSPS) is 12.0. The molecule has 0 aliphatic carbocycles. The molecule has 110 valence electrons. The fraction of sp³-hybridized carbons (Fsp3) is 0.400. The monoisotopic (exact) mass is 284 g/mol. The summed E-state index contributed by atoms with van der Waals surface area (Å²) in [4.78, 5) is 8.74.